The second-order valence-electron chi connectivity index (χ2n) is 4.95. The maximum atomic E-state index is 12.4. The van der Waals surface area contributed by atoms with Crippen LogP contribution < -0.4 is 20.3 Å². The predicted octanol–water partition coefficient (Wildman–Crippen LogP) is -0.519. The number of amides is 2. The fourth-order valence-corrected chi connectivity index (χ4v) is 3.10. The molecule has 0 unspecified atom stereocenters. The van der Waals surface area contributed by atoms with Crippen LogP contribution in [0.5, 0.6) is 6.01 Å². The highest BCUT2D eigenvalue weighted by molar-refractivity contribution is 7.90. The number of sulfonamides is 1. The first-order valence-electron chi connectivity index (χ1n) is 7.20. The molecule has 2 aromatic rings. The van der Waals surface area contributed by atoms with Crippen molar-refractivity contribution >= 4 is 27.8 Å². The van der Waals surface area contributed by atoms with E-state index in [9.17, 15) is 22.8 Å². The zero-order valence-corrected chi connectivity index (χ0v) is 15.2. The standard InChI is InChI=1S/C14H15N5O7S/c1-19-11(20)10(16-17-14(19)26-3)15-13(22)18-27(23,24)9-7-5-4-6-8(9)12(21)25-2/h4-7H,1-3H3,(H2,15,16,18,22). The highest BCUT2D eigenvalue weighted by atomic mass is 32.2. The van der Waals surface area contributed by atoms with Crippen molar-refractivity contribution in [3.05, 3.63) is 40.2 Å². The number of carbonyl (C=O) groups excluding carboxylic acids is 2. The third-order valence-corrected chi connectivity index (χ3v) is 4.64. The fourth-order valence-electron chi connectivity index (χ4n) is 1.99. The van der Waals surface area contributed by atoms with Gasteiger partial charge in [-0.2, -0.15) is 0 Å². The summed E-state index contributed by atoms with van der Waals surface area (Å²) in [5.74, 6) is -1.42. The van der Waals surface area contributed by atoms with Crippen LogP contribution in [0.15, 0.2) is 34.0 Å². The number of hydrogen-bond acceptors (Lipinski definition) is 9. The normalized spacial score (nSPS) is 10.8. The van der Waals surface area contributed by atoms with Crippen LogP contribution in [-0.4, -0.2) is 49.4 Å². The van der Waals surface area contributed by atoms with Crippen molar-refractivity contribution in [1.29, 1.82) is 0 Å². The monoisotopic (exact) mass is 397 g/mol. The van der Waals surface area contributed by atoms with Crippen molar-refractivity contribution in [2.24, 2.45) is 7.05 Å². The van der Waals surface area contributed by atoms with Crippen molar-refractivity contribution in [2.45, 2.75) is 4.90 Å². The van der Waals surface area contributed by atoms with Crippen LogP contribution in [0, 0.1) is 0 Å². The van der Waals surface area contributed by atoms with E-state index in [0.717, 1.165) is 17.7 Å². The summed E-state index contributed by atoms with van der Waals surface area (Å²) < 4.78 is 36.8. The molecule has 27 heavy (non-hydrogen) atoms. The third kappa shape index (κ3) is 4.20. The molecule has 144 valence electrons. The lowest BCUT2D eigenvalue weighted by atomic mass is 10.2. The molecule has 0 fully saturated rings. The number of aromatic nitrogens is 3. The number of carbonyl (C=O) groups is 2. The second kappa shape index (κ2) is 7.82. The van der Waals surface area contributed by atoms with E-state index in [0.29, 0.717) is 0 Å². The quantitative estimate of drug-likeness (QED) is 0.633. The molecule has 0 aliphatic carbocycles. The average molecular weight is 397 g/mol. The zero-order chi connectivity index (χ0) is 20.2. The lowest BCUT2D eigenvalue weighted by molar-refractivity contribution is 0.0596. The largest absolute Gasteiger partial charge is 0.467 e. The smallest absolute Gasteiger partial charge is 0.339 e. The van der Waals surface area contributed by atoms with Crippen LogP contribution in [0.2, 0.25) is 0 Å². The van der Waals surface area contributed by atoms with Gasteiger partial charge in [-0.3, -0.25) is 14.7 Å². The van der Waals surface area contributed by atoms with Gasteiger partial charge in [-0.15, -0.1) is 5.10 Å². The molecular formula is C14H15N5O7S. The highest BCUT2D eigenvalue weighted by Crippen LogP contribution is 2.16. The van der Waals surface area contributed by atoms with Gasteiger partial charge < -0.3 is 9.47 Å². The minimum atomic E-state index is -4.45. The second-order valence-corrected chi connectivity index (χ2v) is 6.60. The molecule has 1 aromatic heterocycles. The molecule has 12 nitrogen and oxygen atoms in total. The van der Waals surface area contributed by atoms with E-state index in [1.54, 1.807) is 4.72 Å². The summed E-state index contributed by atoms with van der Waals surface area (Å²) in [7, 11) is -0.764. The third-order valence-electron chi connectivity index (χ3n) is 3.25. The van der Waals surface area contributed by atoms with E-state index < -0.39 is 38.3 Å². The van der Waals surface area contributed by atoms with E-state index in [4.69, 9.17) is 4.74 Å². The number of methoxy groups -OCH3 is 2. The Balaban J connectivity index is 2.27. The van der Waals surface area contributed by atoms with Gasteiger partial charge in [0.25, 0.3) is 15.6 Å². The number of anilines is 1. The summed E-state index contributed by atoms with van der Waals surface area (Å²) in [6, 6.07) is 3.76. The summed E-state index contributed by atoms with van der Waals surface area (Å²) in [5.41, 5.74) is -1.04. The van der Waals surface area contributed by atoms with Crippen molar-refractivity contribution < 1.29 is 27.5 Å². The number of esters is 1. The maximum absolute atomic E-state index is 12.4. The number of rotatable bonds is 5. The molecule has 1 heterocycles. The lowest BCUT2D eigenvalue weighted by Gasteiger charge is -2.11. The topological polar surface area (TPSA) is 159 Å². The lowest BCUT2D eigenvalue weighted by Crippen LogP contribution is -2.37. The summed E-state index contributed by atoms with van der Waals surface area (Å²) in [6.45, 7) is 0. The Hall–Kier alpha value is -3.48. The van der Waals surface area contributed by atoms with Crippen molar-refractivity contribution in [1.82, 2.24) is 19.5 Å². The van der Waals surface area contributed by atoms with E-state index >= 15 is 0 Å². The maximum Gasteiger partial charge on any atom is 0.339 e. The molecule has 2 N–H and O–H groups in total. The molecule has 2 amide bonds. The van der Waals surface area contributed by atoms with E-state index in [1.165, 1.54) is 32.4 Å². The van der Waals surface area contributed by atoms with E-state index in [-0.39, 0.29) is 11.6 Å². The summed E-state index contributed by atoms with van der Waals surface area (Å²) in [6.07, 6.45) is 0. The molecule has 13 heteroatoms. The zero-order valence-electron chi connectivity index (χ0n) is 14.4. The van der Waals surface area contributed by atoms with Crippen LogP contribution in [0.4, 0.5) is 10.6 Å². The summed E-state index contributed by atoms with van der Waals surface area (Å²) in [4.78, 5) is 35.3. The van der Waals surface area contributed by atoms with Crippen LogP contribution in [-0.2, 0) is 21.8 Å². The first-order chi connectivity index (χ1) is 12.7. The van der Waals surface area contributed by atoms with Gasteiger partial charge in [0.05, 0.1) is 19.8 Å². The molecule has 0 spiro atoms. The van der Waals surface area contributed by atoms with Crippen molar-refractivity contribution in [2.75, 3.05) is 19.5 Å². The molecular weight excluding hydrogens is 382 g/mol. The van der Waals surface area contributed by atoms with Crippen molar-refractivity contribution in [3.63, 3.8) is 0 Å². The van der Waals surface area contributed by atoms with Crippen LogP contribution in [0.25, 0.3) is 0 Å². The predicted molar refractivity (Wildman–Crippen MR) is 90.9 cm³/mol. The van der Waals surface area contributed by atoms with E-state index in [2.05, 4.69) is 14.9 Å². The Bertz CT molecular complexity index is 1050. The van der Waals surface area contributed by atoms with Crippen molar-refractivity contribution in [3.8, 4) is 6.01 Å². The first-order valence-corrected chi connectivity index (χ1v) is 8.68. The average Bonchev–Trinajstić information content (AvgIpc) is 2.64. The molecule has 0 aliphatic heterocycles. The first kappa shape index (κ1) is 19.8. The Kier molecular flexibility index (Phi) is 5.75. The van der Waals surface area contributed by atoms with Crippen LogP contribution in [0.3, 0.4) is 0 Å². The van der Waals surface area contributed by atoms with E-state index in [1.807, 2.05) is 5.32 Å². The number of nitrogens with zero attached hydrogens (tertiary/aromatic N) is 3. The van der Waals surface area contributed by atoms with Gasteiger partial charge in [0.2, 0.25) is 5.82 Å². The molecule has 2 rings (SSSR count). The van der Waals surface area contributed by atoms with Gasteiger partial charge >= 0.3 is 18.0 Å². The number of hydrogen-bond donors (Lipinski definition) is 2. The number of urea groups is 1. The molecule has 1 aromatic carbocycles. The molecule has 0 radical (unpaired) electrons. The number of benzene rings is 1. The van der Waals surface area contributed by atoms with Gasteiger partial charge in [-0.1, -0.05) is 17.2 Å². The number of nitrogens with one attached hydrogen (secondary N) is 2. The van der Waals surface area contributed by atoms with Gasteiger partial charge in [0.1, 0.15) is 4.90 Å². The summed E-state index contributed by atoms with van der Waals surface area (Å²) in [5, 5.41) is 9.00. The summed E-state index contributed by atoms with van der Waals surface area (Å²) >= 11 is 0. The number of ether oxygens (including phenoxy) is 2. The van der Waals surface area contributed by atoms with Gasteiger partial charge in [-0.05, 0) is 12.1 Å². The van der Waals surface area contributed by atoms with Crippen LogP contribution >= 0.6 is 0 Å². The molecule has 0 aliphatic rings. The fraction of sp³-hybridized carbons (Fsp3) is 0.214. The SMILES string of the molecule is COC(=O)c1ccccc1S(=O)(=O)NC(=O)Nc1nnc(OC)n(C)c1=O. The molecule has 0 saturated carbocycles. The minimum Gasteiger partial charge on any atom is -0.467 e. The minimum absolute atomic E-state index is 0.106. The molecule has 0 saturated heterocycles. The molecule has 0 atom stereocenters. The van der Waals surface area contributed by atoms with Gasteiger partial charge in [0, 0.05) is 7.05 Å². The van der Waals surface area contributed by atoms with Gasteiger partial charge in [-0.25, -0.2) is 22.7 Å². The Morgan fingerprint density at radius 1 is 1.15 bits per heavy atom. The Labute approximate surface area is 153 Å². The molecule has 0 bridgehead atoms. The van der Waals surface area contributed by atoms with Gasteiger partial charge in [0.15, 0.2) is 0 Å². The Morgan fingerprint density at radius 2 is 1.81 bits per heavy atom. The Morgan fingerprint density at radius 3 is 2.44 bits per heavy atom. The highest BCUT2D eigenvalue weighted by Gasteiger charge is 2.25. The van der Waals surface area contributed by atoms with Crippen LogP contribution in [0.1, 0.15) is 10.4 Å².